The molecular weight excluding hydrogens is 310 g/mol. The highest BCUT2D eigenvalue weighted by atomic mass is 16.3. The summed E-state index contributed by atoms with van der Waals surface area (Å²) in [5.41, 5.74) is 5.16. The number of anilines is 1. The number of hydrogen-bond donors (Lipinski definition) is 1. The zero-order chi connectivity index (χ0) is 17.4. The molecule has 1 fully saturated rings. The maximum absolute atomic E-state index is 9.75. The molecule has 1 N–H and O–H groups in total. The summed E-state index contributed by atoms with van der Waals surface area (Å²) in [5.74, 6) is 1.20. The standard InChI is InChI=1S/C21H27N3O/c1-15(2)18-13-22-20(19(14-25)23-18)24-9-7-21(8-10-24)11-16-5-3-4-6-17(16)12-21/h3-6,13,15,25H,7-12,14H2,1-2H3. The van der Waals surface area contributed by atoms with Gasteiger partial charge in [-0.15, -0.1) is 0 Å². The van der Waals surface area contributed by atoms with E-state index in [1.165, 1.54) is 36.8 Å². The molecule has 2 aliphatic rings. The minimum Gasteiger partial charge on any atom is -0.390 e. The van der Waals surface area contributed by atoms with Crippen molar-refractivity contribution in [2.45, 2.75) is 52.1 Å². The summed E-state index contributed by atoms with van der Waals surface area (Å²) in [6.07, 6.45) is 6.65. The SMILES string of the molecule is CC(C)c1cnc(N2CCC3(CC2)Cc2ccccc2C3)c(CO)n1. The average molecular weight is 337 g/mol. The molecule has 1 saturated heterocycles. The molecule has 132 valence electrons. The molecule has 1 aromatic heterocycles. The molecule has 2 heterocycles. The van der Waals surface area contributed by atoms with Gasteiger partial charge in [-0.1, -0.05) is 38.1 Å². The third-order valence-corrected chi connectivity index (χ3v) is 5.96. The van der Waals surface area contributed by atoms with E-state index >= 15 is 0 Å². The van der Waals surface area contributed by atoms with Crippen LogP contribution in [0.3, 0.4) is 0 Å². The predicted molar refractivity (Wildman–Crippen MR) is 99.8 cm³/mol. The van der Waals surface area contributed by atoms with Crippen molar-refractivity contribution in [3.8, 4) is 0 Å². The smallest absolute Gasteiger partial charge is 0.152 e. The van der Waals surface area contributed by atoms with E-state index in [9.17, 15) is 5.11 Å². The molecule has 1 aliphatic carbocycles. The Labute approximate surface area is 149 Å². The van der Waals surface area contributed by atoms with E-state index in [1.54, 1.807) is 0 Å². The van der Waals surface area contributed by atoms with Crippen LogP contribution >= 0.6 is 0 Å². The molecular formula is C21H27N3O. The van der Waals surface area contributed by atoms with Crippen LogP contribution in [0.5, 0.6) is 0 Å². The Kier molecular flexibility index (Phi) is 4.24. The second kappa shape index (κ2) is 6.41. The van der Waals surface area contributed by atoms with Gasteiger partial charge in [0.15, 0.2) is 5.82 Å². The molecule has 1 aromatic carbocycles. The van der Waals surface area contributed by atoms with Crippen LogP contribution < -0.4 is 4.90 Å². The number of aromatic nitrogens is 2. The fraction of sp³-hybridized carbons (Fsp3) is 0.524. The first-order valence-corrected chi connectivity index (χ1v) is 9.39. The normalized spacial score (nSPS) is 18.8. The molecule has 1 spiro atoms. The van der Waals surface area contributed by atoms with Gasteiger partial charge in [0.25, 0.3) is 0 Å². The molecule has 0 amide bonds. The lowest BCUT2D eigenvalue weighted by molar-refractivity contribution is 0.230. The van der Waals surface area contributed by atoms with Crippen LogP contribution in [0.2, 0.25) is 0 Å². The second-order valence-electron chi connectivity index (χ2n) is 7.99. The highest BCUT2D eigenvalue weighted by Gasteiger charge is 2.40. The van der Waals surface area contributed by atoms with E-state index in [-0.39, 0.29) is 6.61 Å². The topological polar surface area (TPSA) is 49.2 Å². The first kappa shape index (κ1) is 16.5. The maximum Gasteiger partial charge on any atom is 0.152 e. The van der Waals surface area contributed by atoms with Gasteiger partial charge in [-0.05, 0) is 48.1 Å². The van der Waals surface area contributed by atoms with E-state index in [0.29, 0.717) is 11.3 Å². The summed E-state index contributed by atoms with van der Waals surface area (Å²) < 4.78 is 0. The number of piperidine rings is 1. The van der Waals surface area contributed by atoms with Crippen LogP contribution in [-0.2, 0) is 19.4 Å². The minimum atomic E-state index is -0.0457. The van der Waals surface area contributed by atoms with E-state index in [2.05, 4.69) is 53.0 Å². The van der Waals surface area contributed by atoms with Crippen molar-refractivity contribution in [3.05, 3.63) is 53.0 Å². The third-order valence-electron chi connectivity index (χ3n) is 5.96. The van der Waals surface area contributed by atoms with Crippen molar-refractivity contribution in [3.63, 3.8) is 0 Å². The van der Waals surface area contributed by atoms with Gasteiger partial charge < -0.3 is 10.0 Å². The Morgan fingerprint density at radius 3 is 2.32 bits per heavy atom. The van der Waals surface area contributed by atoms with Crippen LogP contribution in [0.15, 0.2) is 30.5 Å². The third kappa shape index (κ3) is 3.04. The van der Waals surface area contributed by atoms with E-state index in [4.69, 9.17) is 0 Å². The fourth-order valence-corrected chi connectivity index (χ4v) is 4.40. The number of aliphatic hydroxyl groups excluding tert-OH is 1. The first-order valence-electron chi connectivity index (χ1n) is 9.39. The van der Waals surface area contributed by atoms with E-state index in [0.717, 1.165) is 30.3 Å². The summed E-state index contributed by atoms with van der Waals surface area (Å²) in [6.45, 7) is 6.16. The quantitative estimate of drug-likeness (QED) is 0.931. The Bertz CT molecular complexity index is 736. The number of rotatable bonds is 3. The fourth-order valence-electron chi connectivity index (χ4n) is 4.40. The monoisotopic (exact) mass is 337 g/mol. The number of aliphatic hydroxyl groups is 1. The molecule has 2 aromatic rings. The first-order chi connectivity index (χ1) is 12.1. The Balaban J connectivity index is 1.50. The zero-order valence-electron chi connectivity index (χ0n) is 15.2. The molecule has 0 bridgehead atoms. The predicted octanol–water partition coefficient (Wildman–Crippen LogP) is 3.48. The molecule has 25 heavy (non-hydrogen) atoms. The van der Waals surface area contributed by atoms with Crippen molar-refractivity contribution in [2.24, 2.45) is 5.41 Å². The summed E-state index contributed by atoms with van der Waals surface area (Å²) >= 11 is 0. The van der Waals surface area contributed by atoms with Crippen LogP contribution in [0.1, 0.15) is 55.1 Å². The molecule has 0 saturated carbocycles. The number of fused-ring (bicyclic) bond motifs is 1. The van der Waals surface area contributed by atoms with Gasteiger partial charge in [0.1, 0.15) is 5.69 Å². The van der Waals surface area contributed by atoms with Crippen molar-refractivity contribution >= 4 is 5.82 Å². The van der Waals surface area contributed by atoms with Gasteiger partial charge in [-0.2, -0.15) is 0 Å². The summed E-state index contributed by atoms with van der Waals surface area (Å²) in [4.78, 5) is 11.6. The highest BCUT2D eigenvalue weighted by Crippen LogP contribution is 2.45. The van der Waals surface area contributed by atoms with Crippen LogP contribution in [0.25, 0.3) is 0 Å². The number of hydrogen-bond acceptors (Lipinski definition) is 4. The lowest BCUT2D eigenvalue weighted by Crippen LogP contribution is -2.41. The molecule has 4 nitrogen and oxygen atoms in total. The van der Waals surface area contributed by atoms with Crippen LogP contribution in [-0.4, -0.2) is 28.2 Å². The van der Waals surface area contributed by atoms with Gasteiger partial charge in [-0.3, -0.25) is 0 Å². The van der Waals surface area contributed by atoms with Crippen molar-refractivity contribution in [1.29, 1.82) is 0 Å². The summed E-state index contributed by atoms with van der Waals surface area (Å²) in [6, 6.07) is 8.89. The maximum atomic E-state index is 9.75. The molecule has 1 aliphatic heterocycles. The summed E-state index contributed by atoms with van der Waals surface area (Å²) in [7, 11) is 0. The largest absolute Gasteiger partial charge is 0.390 e. The van der Waals surface area contributed by atoms with Gasteiger partial charge >= 0.3 is 0 Å². The van der Waals surface area contributed by atoms with Gasteiger partial charge in [0, 0.05) is 13.1 Å². The lowest BCUT2D eigenvalue weighted by atomic mass is 9.76. The Morgan fingerprint density at radius 1 is 1.12 bits per heavy atom. The molecule has 4 rings (SSSR count). The van der Waals surface area contributed by atoms with Gasteiger partial charge in [0.05, 0.1) is 18.5 Å². The van der Waals surface area contributed by atoms with Crippen LogP contribution in [0.4, 0.5) is 5.82 Å². The number of benzene rings is 1. The van der Waals surface area contributed by atoms with E-state index < -0.39 is 0 Å². The van der Waals surface area contributed by atoms with Crippen molar-refractivity contribution < 1.29 is 5.11 Å². The van der Waals surface area contributed by atoms with Gasteiger partial charge in [-0.25, -0.2) is 9.97 Å². The molecule has 0 unspecified atom stereocenters. The average Bonchev–Trinajstić information content (AvgIpc) is 2.99. The minimum absolute atomic E-state index is 0.0457. The summed E-state index contributed by atoms with van der Waals surface area (Å²) in [5, 5.41) is 9.75. The lowest BCUT2D eigenvalue weighted by Gasteiger charge is -2.40. The van der Waals surface area contributed by atoms with Crippen molar-refractivity contribution in [2.75, 3.05) is 18.0 Å². The van der Waals surface area contributed by atoms with Crippen molar-refractivity contribution in [1.82, 2.24) is 9.97 Å². The zero-order valence-corrected chi connectivity index (χ0v) is 15.2. The Morgan fingerprint density at radius 2 is 1.76 bits per heavy atom. The molecule has 0 atom stereocenters. The molecule has 4 heteroatoms. The second-order valence-corrected chi connectivity index (χ2v) is 7.99. The van der Waals surface area contributed by atoms with Gasteiger partial charge in [0.2, 0.25) is 0 Å². The highest BCUT2D eigenvalue weighted by molar-refractivity contribution is 5.45. The Hall–Kier alpha value is -1.94. The van der Waals surface area contributed by atoms with Crippen LogP contribution in [0, 0.1) is 5.41 Å². The van der Waals surface area contributed by atoms with E-state index in [1.807, 2.05) is 6.20 Å². The number of nitrogens with zero attached hydrogens (tertiary/aromatic N) is 3. The molecule has 0 radical (unpaired) electrons.